The lowest BCUT2D eigenvalue weighted by molar-refractivity contribution is -0.115. The van der Waals surface area contributed by atoms with E-state index in [9.17, 15) is 4.79 Å². The number of para-hydroxylation sites is 4. The SMILES string of the molecule is CC(=O)N1c2ccccc2N(CCBr)c2ccccc21. The van der Waals surface area contributed by atoms with Gasteiger partial charge in [0.05, 0.1) is 22.7 Å². The third-order valence-electron chi connectivity index (χ3n) is 3.45. The Labute approximate surface area is 126 Å². The third-order valence-corrected chi connectivity index (χ3v) is 3.80. The normalized spacial score (nSPS) is 12.9. The Morgan fingerprint density at radius 3 is 1.80 bits per heavy atom. The zero-order valence-electron chi connectivity index (χ0n) is 11.2. The Morgan fingerprint density at radius 1 is 0.950 bits per heavy atom. The summed E-state index contributed by atoms with van der Waals surface area (Å²) in [6.45, 7) is 2.47. The van der Waals surface area contributed by atoms with E-state index < -0.39 is 0 Å². The fourth-order valence-electron chi connectivity index (χ4n) is 2.69. The van der Waals surface area contributed by atoms with Gasteiger partial charge in [-0.1, -0.05) is 40.2 Å². The molecule has 0 saturated heterocycles. The van der Waals surface area contributed by atoms with Gasteiger partial charge in [0, 0.05) is 18.8 Å². The molecule has 20 heavy (non-hydrogen) atoms. The molecule has 0 atom stereocenters. The molecular weight excluding hydrogens is 316 g/mol. The minimum atomic E-state index is 0.0309. The first-order valence-electron chi connectivity index (χ1n) is 6.56. The van der Waals surface area contributed by atoms with Crippen molar-refractivity contribution in [3.05, 3.63) is 48.5 Å². The van der Waals surface area contributed by atoms with Crippen LogP contribution in [-0.2, 0) is 4.79 Å². The van der Waals surface area contributed by atoms with Crippen LogP contribution in [0.15, 0.2) is 48.5 Å². The molecule has 1 aliphatic heterocycles. The van der Waals surface area contributed by atoms with E-state index in [0.717, 1.165) is 34.6 Å². The second-order valence-corrected chi connectivity index (χ2v) is 5.47. The number of halogens is 1. The van der Waals surface area contributed by atoms with Crippen LogP contribution in [0.3, 0.4) is 0 Å². The summed E-state index contributed by atoms with van der Waals surface area (Å²) in [5.74, 6) is 0.0309. The highest BCUT2D eigenvalue weighted by atomic mass is 79.9. The molecule has 0 fully saturated rings. The third kappa shape index (κ3) is 2.00. The van der Waals surface area contributed by atoms with Crippen LogP contribution >= 0.6 is 15.9 Å². The van der Waals surface area contributed by atoms with Gasteiger partial charge in [-0.25, -0.2) is 0 Å². The van der Waals surface area contributed by atoms with Gasteiger partial charge in [0.1, 0.15) is 0 Å². The van der Waals surface area contributed by atoms with Gasteiger partial charge in [-0.2, -0.15) is 0 Å². The number of amides is 1. The lowest BCUT2D eigenvalue weighted by atomic mass is 10.1. The molecule has 102 valence electrons. The van der Waals surface area contributed by atoms with Crippen LogP contribution in [0.4, 0.5) is 22.7 Å². The molecule has 0 spiro atoms. The number of rotatable bonds is 2. The van der Waals surface area contributed by atoms with E-state index in [1.807, 2.05) is 36.4 Å². The van der Waals surface area contributed by atoms with Crippen molar-refractivity contribution in [2.45, 2.75) is 6.92 Å². The van der Waals surface area contributed by atoms with Gasteiger partial charge in [-0.05, 0) is 24.3 Å². The highest BCUT2D eigenvalue weighted by Gasteiger charge is 2.29. The van der Waals surface area contributed by atoms with Gasteiger partial charge < -0.3 is 4.90 Å². The maximum absolute atomic E-state index is 12.1. The standard InChI is InChI=1S/C16H15BrN2O/c1-12(20)19-15-8-4-2-6-13(15)18(11-10-17)14-7-3-5-9-16(14)19/h2-9H,10-11H2,1H3. The van der Waals surface area contributed by atoms with E-state index >= 15 is 0 Å². The lowest BCUT2D eigenvalue weighted by Gasteiger charge is -2.38. The number of fused-ring (bicyclic) bond motifs is 2. The molecule has 3 rings (SSSR count). The Kier molecular flexibility index (Phi) is 3.49. The van der Waals surface area contributed by atoms with Crippen molar-refractivity contribution >= 4 is 44.6 Å². The van der Waals surface area contributed by atoms with E-state index in [4.69, 9.17) is 0 Å². The van der Waals surface area contributed by atoms with Crippen LogP contribution in [0.25, 0.3) is 0 Å². The zero-order valence-corrected chi connectivity index (χ0v) is 12.8. The van der Waals surface area contributed by atoms with Gasteiger partial charge in [0.15, 0.2) is 0 Å². The van der Waals surface area contributed by atoms with Crippen molar-refractivity contribution in [3.8, 4) is 0 Å². The quantitative estimate of drug-likeness (QED) is 0.770. The zero-order chi connectivity index (χ0) is 14.1. The average Bonchev–Trinajstić information content (AvgIpc) is 2.47. The first-order valence-corrected chi connectivity index (χ1v) is 7.68. The van der Waals surface area contributed by atoms with Crippen molar-refractivity contribution in [1.29, 1.82) is 0 Å². The molecule has 1 heterocycles. The van der Waals surface area contributed by atoms with Crippen molar-refractivity contribution in [2.24, 2.45) is 0 Å². The molecule has 0 saturated carbocycles. The molecule has 3 nitrogen and oxygen atoms in total. The van der Waals surface area contributed by atoms with Crippen LogP contribution in [0.1, 0.15) is 6.92 Å². The van der Waals surface area contributed by atoms with Gasteiger partial charge in [0.2, 0.25) is 5.91 Å². The maximum Gasteiger partial charge on any atom is 0.228 e. The van der Waals surface area contributed by atoms with E-state index in [2.05, 4.69) is 33.0 Å². The molecule has 2 aromatic carbocycles. The van der Waals surface area contributed by atoms with Gasteiger partial charge in [0.25, 0.3) is 0 Å². The number of nitrogens with zero attached hydrogens (tertiary/aromatic N) is 2. The van der Waals surface area contributed by atoms with Crippen molar-refractivity contribution < 1.29 is 4.79 Å². The number of alkyl halides is 1. The Balaban J connectivity index is 2.25. The average molecular weight is 331 g/mol. The topological polar surface area (TPSA) is 23.6 Å². The van der Waals surface area contributed by atoms with Crippen molar-refractivity contribution in [1.82, 2.24) is 0 Å². The van der Waals surface area contributed by atoms with Gasteiger partial charge in [-0.3, -0.25) is 9.69 Å². The first kappa shape index (κ1) is 13.2. The summed E-state index contributed by atoms with van der Waals surface area (Å²) in [6, 6.07) is 16.1. The molecule has 0 bridgehead atoms. The predicted molar refractivity (Wildman–Crippen MR) is 86.5 cm³/mol. The summed E-state index contributed by atoms with van der Waals surface area (Å²) >= 11 is 3.51. The molecule has 1 amide bonds. The second-order valence-electron chi connectivity index (χ2n) is 4.67. The fraction of sp³-hybridized carbons (Fsp3) is 0.188. The minimum Gasteiger partial charge on any atom is -0.337 e. The summed E-state index contributed by atoms with van der Waals surface area (Å²) in [5, 5.41) is 0.871. The van der Waals surface area contributed by atoms with E-state index in [0.29, 0.717) is 0 Å². The number of hydrogen-bond acceptors (Lipinski definition) is 2. The van der Waals surface area contributed by atoms with Crippen LogP contribution in [0.2, 0.25) is 0 Å². The molecular formula is C16H15BrN2O. The lowest BCUT2D eigenvalue weighted by Crippen LogP contribution is -2.33. The summed E-state index contributed by atoms with van der Waals surface area (Å²) < 4.78 is 0. The van der Waals surface area contributed by atoms with Gasteiger partial charge in [-0.15, -0.1) is 0 Å². The van der Waals surface area contributed by atoms with Crippen molar-refractivity contribution in [2.75, 3.05) is 21.7 Å². The fourth-order valence-corrected chi connectivity index (χ4v) is 3.04. The molecule has 0 aliphatic carbocycles. The number of carbonyl (C=O) groups excluding carboxylic acids is 1. The van der Waals surface area contributed by atoms with Gasteiger partial charge >= 0.3 is 0 Å². The molecule has 0 N–H and O–H groups in total. The molecule has 2 aromatic rings. The Hall–Kier alpha value is -1.81. The van der Waals surface area contributed by atoms with Crippen molar-refractivity contribution in [3.63, 3.8) is 0 Å². The first-order chi connectivity index (χ1) is 9.74. The second kappa shape index (κ2) is 5.29. The highest BCUT2D eigenvalue weighted by Crippen LogP contribution is 2.47. The van der Waals surface area contributed by atoms with E-state index in [-0.39, 0.29) is 5.91 Å². The summed E-state index contributed by atoms with van der Waals surface area (Å²) in [6.07, 6.45) is 0. The van der Waals surface area contributed by atoms with Crippen LogP contribution in [-0.4, -0.2) is 17.8 Å². The summed E-state index contributed by atoms with van der Waals surface area (Å²) in [4.78, 5) is 16.1. The van der Waals surface area contributed by atoms with E-state index in [1.165, 1.54) is 0 Å². The largest absolute Gasteiger partial charge is 0.337 e. The molecule has 0 unspecified atom stereocenters. The monoisotopic (exact) mass is 330 g/mol. The smallest absolute Gasteiger partial charge is 0.228 e. The molecule has 1 aliphatic rings. The number of benzene rings is 2. The van der Waals surface area contributed by atoms with Crippen LogP contribution < -0.4 is 9.80 Å². The Morgan fingerprint density at radius 2 is 1.40 bits per heavy atom. The predicted octanol–water partition coefficient (Wildman–Crippen LogP) is 4.22. The molecule has 0 radical (unpaired) electrons. The highest BCUT2D eigenvalue weighted by molar-refractivity contribution is 9.09. The summed E-state index contributed by atoms with van der Waals surface area (Å²) in [7, 11) is 0. The number of hydrogen-bond donors (Lipinski definition) is 0. The van der Waals surface area contributed by atoms with Crippen LogP contribution in [0, 0.1) is 0 Å². The minimum absolute atomic E-state index is 0.0309. The van der Waals surface area contributed by atoms with Crippen LogP contribution in [0.5, 0.6) is 0 Å². The Bertz CT molecular complexity index is 609. The van der Waals surface area contributed by atoms with E-state index in [1.54, 1.807) is 11.8 Å². The molecule has 0 aromatic heterocycles. The maximum atomic E-state index is 12.1. The number of carbonyl (C=O) groups is 1. The number of anilines is 4. The molecule has 4 heteroatoms. The summed E-state index contributed by atoms with van der Waals surface area (Å²) in [5.41, 5.74) is 4.03.